The van der Waals surface area contributed by atoms with Gasteiger partial charge in [-0.25, -0.2) is 0 Å². The van der Waals surface area contributed by atoms with Crippen LogP contribution in [-0.2, 0) is 0 Å². The Kier molecular flexibility index (Phi) is 3.37. The Morgan fingerprint density at radius 2 is 1.94 bits per heavy atom. The lowest BCUT2D eigenvalue weighted by atomic mass is 10.1. The normalized spacial score (nSPS) is 10.1. The molecule has 0 saturated heterocycles. The molecule has 16 heavy (non-hydrogen) atoms. The van der Waals surface area contributed by atoms with Crippen LogP contribution in [0.15, 0.2) is 42.6 Å². The molecule has 0 unspecified atom stereocenters. The molecular formula is C13H13NOS. The minimum atomic E-state index is 0.688. The van der Waals surface area contributed by atoms with Gasteiger partial charge in [-0.3, -0.25) is 0 Å². The lowest BCUT2D eigenvalue weighted by Gasteiger charge is -2.05. The third kappa shape index (κ3) is 2.49. The molecule has 0 amide bonds. The van der Waals surface area contributed by atoms with Crippen LogP contribution in [0.1, 0.15) is 6.92 Å². The number of hydrogen-bond acceptors (Lipinski definition) is 2. The van der Waals surface area contributed by atoms with Gasteiger partial charge in [-0.1, -0.05) is 12.2 Å². The van der Waals surface area contributed by atoms with E-state index >= 15 is 0 Å². The predicted molar refractivity (Wildman–Crippen MR) is 68.2 cm³/mol. The van der Waals surface area contributed by atoms with Crippen LogP contribution < -0.4 is 4.74 Å². The van der Waals surface area contributed by atoms with Crippen molar-refractivity contribution in [3.8, 4) is 17.0 Å². The predicted octanol–water partition coefficient (Wildman–Crippen LogP) is 3.81. The first kappa shape index (κ1) is 10.9. The number of hydrogen-bond donors (Lipinski definition) is 1. The quantitative estimate of drug-likeness (QED) is 0.812. The van der Waals surface area contributed by atoms with Gasteiger partial charge in [0, 0.05) is 16.4 Å². The van der Waals surface area contributed by atoms with Crippen molar-refractivity contribution in [2.75, 3.05) is 6.61 Å². The number of aromatic nitrogens is 1. The number of benzene rings is 1. The molecule has 0 aliphatic heterocycles. The number of pyridine rings is 1. The van der Waals surface area contributed by atoms with E-state index in [0.717, 1.165) is 21.5 Å². The Balaban J connectivity index is 2.31. The number of ether oxygens (including phenoxy) is 1. The number of aromatic amines is 1. The maximum absolute atomic E-state index is 5.39. The second-order valence-corrected chi connectivity index (χ2v) is 3.87. The molecule has 82 valence electrons. The largest absolute Gasteiger partial charge is 0.494 e. The molecule has 0 saturated carbocycles. The van der Waals surface area contributed by atoms with Crippen LogP contribution in [-0.4, -0.2) is 11.6 Å². The summed E-state index contributed by atoms with van der Waals surface area (Å²) < 4.78 is 6.23. The number of rotatable bonds is 3. The molecule has 1 heterocycles. The number of nitrogens with one attached hydrogen (secondary N) is 1. The van der Waals surface area contributed by atoms with Crippen molar-refractivity contribution in [3.63, 3.8) is 0 Å². The summed E-state index contributed by atoms with van der Waals surface area (Å²) in [6.07, 6.45) is 1.86. The lowest BCUT2D eigenvalue weighted by Crippen LogP contribution is -1.90. The molecule has 0 aliphatic carbocycles. The van der Waals surface area contributed by atoms with Crippen LogP contribution in [0.2, 0.25) is 0 Å². The van der Waals surface area contributed by atoms with Crippen molar-refractivity contribution < 1.29 is 4.74 Å². The van der Waals surface area contributed by atoms with Gasteiger partial charge in [-0.2, -0.15) is 0 Å². The fourth-order valence-electron chi connectivity index (χ4n) is 1.51. The van der Waals surface area contributed by atoms with Crippen LogP contribution in [0.25, 0.3) is 11.3 Å². The molecule has 1 aromatic carbocycles. The van der Waals surface area contributed by atoms with Gasteiger partial charge in [0.1, 0.15) is 5.75 Å². The molecule has 0 radical (unpaired) electrons. The Labute approximate surface area is 99.9 Å². The summed E-state index contributed by atoms with van der Waals surface area (Å²) in [5.41, 5.74) is 2.13. The standard InChI is InChI=1S/C13H13NOS/c1-2-15-11-5-3-10(4-6-11)13-9-12(16)7-8-14-13/h3-9H,2H2,1H3,(H,14,16). The highest BCUT2D eigenvalue weighted by atomic mass is 32.1. The van der Waals surface area contributed by atoms with E-state index in [0.29, 0.717) is 6.61 Å². The van der Waals surface area contributed by atoms with Crippen LogP contribution in [0.3, 0.4) is 0 Å². The molecule has 2 nitrogen and oxygen atoms in total. The van der Waals surface area contributed by atoms with Gasteiger partial charge in [0.05, 0.1) is 6.61 Å². The highest BCUT2D eigenvalue weighted by Crippen LogP contribution is 2.20. The first-order valence-corrected chi connectivity index (χ1v) is 5.62. The molecule has 0 atom stereocenters. The van der Waals surface area contributed by atoms with Crippen molar-refractivity contribution in [2.45, 2.75) is 6.92 Å². The van der Waals surface area contributed by atoms with Crippen molar-refractivity contribution in [3.05, 3.63) is 47.1 Å². The molecule has 2 aromatic rings. The van der Waals surface area contributed by atoms with Gasteiger partial charge in [-0.05, 0) is 48.9 Å². The van der Waals surface area contributed by atoms with E-state index in [-0.39, 0.29) is 0 Å². The molecule has 0 fully saturated rings. The zero-order chi connectivity index (χ0) is 11.4. The van der Waals surface area contributed by atoms with E-state index in [9.17, 15) is 0 Å². The molecule has 3 heteroatoms. The van der Waals surface area contributed by atoms with Crippen LogP contribution in [0.4, 0.5) is 0 Å². The van der Waals surface area contributed by atoms with E-state index in [4.69, 9.17) is 17.0 Å². The summed E-state index contributed by atoms with van der Waals surface area (Å²) in [4.78, 5) is 3.17. The smallest absolute Gasteiger partial charge is 0.119 e. The second kappa shape index (κ2) is 4.94. The monoisotopic (exact) mass is 231 g/mol. The highest BCUT2D eigenvalue weighted by Gasteiger charge is 1.98. The number of H-pyrrole nitrogens is 1. The van der Waals surface area contributed by atoms with E-state index in [1.807, 2.05) is 49.5 Å². The molecule has 0 spiro atoms. The summed E-state index contributed by atoms with van der Waals surface area (Å²) in [6, 6.07) is 11.8. The van der Waals surface area contributed by atoms with E-state index in [2.05, 4.69) is 4.98 Å². The summed E-state index contributed by atoms with van der Waals surface area (Å²) in [5, 5.41) is 0. The zero-order valence-corrected chi connectivity index (χ0v) is 9.88. The van der Waals surface area contributed by atoms with Gasteiger partial charge in [0.15, 0.2) is 0 Å². The van der Waals surface area contributed by atoms with Gasteiger partial charge in [0.25, 0.3) is 0 Å². The van der Waals surface area contributed by atoms with E-state index < -0.39 is 0 Å². The fourth-order valence-corrected chi connectivity index (χ4v) is 1.70. The van der Waals surface area contributed by atoms with Crippen molar-refractivity contribution in [2.24, 2.45) is 0 Å². The van der Waals surface area contributed by atoms with Crippen molar-refractivity contribution >= 4 is 12.2 Å². The molecule has 0 aliphatic rings. The van der Waals surface area contributed by atoms with Crippen molar-refractivity contribution in [1.82, 2.24) is 4.98 Å². The molecule has 1 N–H and O–H groups in total. The first-order valence-electron chi connectivity index (χ1n) is 5.21. The molecular weight excluding hydrogens is 218 g/mol. The Hall–Kier alpha value is -1.61. The maximum atomic E-state index is 5.39. The van der Waals surface area contributed by atoms with Crippen LogP contribution in [0.5, 0.6) is 5.75 Å². The maximum Gasteiger partial charge on any atom is 0.119 e. The highest BCUT2D eigenvalue weighted by molar-refractivity contribution is 7.71. The Bertz CT molecular complexity index is 516. The average Bonchev–Trinajstić information content (AvgIpc) is 2.30. The Morgan fingerprint density at radius 1 is 1.19 bits per heavy atom. The summed E-state index contributed by atoms with van der Waals surface area (Å²) in [6.45, 7) is 2.66. The average molecular weight is 231 g/mol. The SMILES string of the molecule is CCOc1ccc(-c2cc(=S)cc[nH]2)cc1. The lowest BCUT2D eigenvalue weighted by molar-refractivity contribution is 0.340. The van der Waals surface area contributed by atoms with Crippen LogP contribution >= 0.6 is 12.2 Å². The van der Waals surface area contributed by atoms with Gasteiger partial charge in [-0.15, -0.1) is 0 Å². The van der Waals surface area contributed by atoms with E-state index in [1.54, 1.807) is 0 Å². The van der Waals surface area contributed by atoms with E-state index in [1.165, 1.54) is 0 Å². The minimum Gasteiger partial charge on any atom is -0.494 e. The van der Waals surface area contributed by atoms with Crippen LogP contribution in [0, 0.1) is 4.51 Å². The topological polar surface area (TPSA) is 25.0 Å². The molecule has 0 bridgehead atoms. The fraction of sp³-hybridized carbons (Fsp3) is 0.154. The first-order chi connectivity index (χ1) is 7.79. The van der Waals surface area contributed by atoms with Gasteiger partial charge >= 0.3 is 0 Å². The van der Waals surface area contributed by atoms with Crippen molar-refractivity contribution in [1.29, 1.82) is 0 Å². The van der Waals surface area contributed by atoms with Gasteiger partial charge < -0.3 is 9.72 Å². The Morgan fingerprint density at radius 3 is 2.56 bits per heavy atom. The zero-order valence-electron chi connectivity index (χ0n) is 9.07. The summed E-state index contributed by atoms with van der Waals surface area (Å²) in [5.74, 6) is 0.890. The third-order valence-corrected chi connectivity index (χ3v) is 2.50. The summed E-state index contributed by atoms with van der Waals surface area (Å²) in [7, 11) is 0. The van der Waals surface area contributed by atoms with Gasteiger partial charge in [0.2, 0.25) is 0 Å². The molecule has 1 aromatic heterocycles. The third-order valence-electron chi connectivity index (χ3n) is 2.25. The molecule has 2 rings (SSSR count). The second-order valence-electron chi connectivity index (χ2n) is 3.40. The summed E-state index contributed by atoms with van der Waals surface area (Å²) >= 11 is 5.12. The minimum absolute atomic E-state index is 0.688.